The number of aryl methyl sites for hydroxylation is 2. The van der Waals surface area contributed by atoms with Crippen LogP contribution in [0.2, 0.25) is 0 Å². The topological polar surface area (TPSA) is 59.3 Å². The summed E-state index contributed by atoms with van der Waals surface area (Å²) < 4.78 is 6.05. The van der Waals surface area contributed by atoms with Gasteiger partial charge in [-0.3, -0.25) is 9.59 Å². The SMILES string of the molecule is Cc1cc(C)c2oc(-c3ccc(C(=O)Nc4ccccc4C(C)C)cc3)cc(=O)c2c1. The van der Waals surface area contributed by atoms with Gasteiger partial charge in [0.1, 0.15) is 11.3 Å². The molecule has 4 aromatic rings. The molecule has 1 N–H and O–H groups in total. The zero-order valence-corrected chi connectivity index (χ0v) is 18.2. The average molecular weight is 412 g/mol. The summed E-state index contributed by atoms with van der Waals surface area (Å²) in [6.45, 7) is 8.09. The summed E-state index contributed by atoms with van der Waals surface area (Å²) in [4.78, 5) is 25.4. The minimum atomic E-state index is -0.175. The van der Waals surface area contributed by atoms with Crippen molar-refractivity contribution in [2.45, 2.75) is 33.6 Å². The predicted molar refractivity (Wildman–Crippen MR) is 126 cm³/mol. The molecular weight excluding hydrogens is 386 g/mol. The number of benzene rings is 3. The van der Waals surface area contributed by atoms with Gasteiger partial charge in [0.25, 0.3) is 5.91 Å². The summed E-state index contributed by atoms with van der Waals surface area (Å²) in [6.07, 6.45) is 0. The number of hydrogen-bond donors (Lipinski definition) is 1. The summed E-state index contributed by atoms with van der Waals surface area (Å²) in [7, 11) is 0. The Kier molecular flexibility index (Phi) is 5.47. The van der Waals surface area contributed by atoms with E-state index in [1.54, 1.807) is 24.3 Å². The number of nitrogens with one attached hydrogen (secondary N) is 1. The number of rotatable bonds is 4. The first-order valence-corrected chi connectivity index (χ1v) is 10.4. The van der Waals surface area contributed by atoms with Crippen LogP contribution in [0.4, 0.5) is 5.69 Å². The summed E-state index contributed by atoms with van der Waals surface area (Å²) >= 11 is 0. The van der Waals surface area contributed by atoms with Gasteiger partial charge in [0.15, 0.2) is 5.43 Å². The lowest BCUT2D eigenvalue weighted by atomic mass is 10.0. The van der Waals surface area contributed by atoms with Crippen LogP contribution < -0.4 is 10.7 Å². The molecule has 0 radical (unpaired) electrons. The number of hydrogen-bond acceptors (Lipinski definition) is 3. The molecular formula is C27H25NO3. The fourth-order valence-corrected chi connectivity index (χ4v) is 3.85. The van der Waals surface area contributed by atoms with Crippen molar-refractivity contribution in [2.75, 3.05) is 5.32 Å². The quantitative estimate of drug-likeness (QED) is 0.420. The Hall–Kier alpha value is -3.66. The van der Waals surface area contributed by atoms with Crippen LogP contribution in [0.5, 0.6) is 0 Å². The average Bonchev–Trinajstić information content (AvgIpc) is 2.74. The summed E-state index contributed by atoms with van der Waals surface area (Å²) in [5.41, 5.74) is 5.67. The van der Waals surface area contributed by atoms with Gasteiger partial charge in [-0.05, 0) is 60.7 Å². The normalized spacial score (nSPS) is 11.1. The fourth-order valence-electron chi connectivity index (χ4n) is 3.85. The molecule has 0 spiro atoms. The molecule has 0 saturated heterocycles. The van der Waals surface area contributed by atoms with E-state index in [9.17, 15) is 9.59 Å². The lowest BCUT2D eigenvalue weighted by Crippen LogP contribution is -2.13. The maximum Gasteiger partial charge on any atom is 0.255 e. The molecule has 0 bridgehead atoms. The van der Waals surface area contributed by atoms with Crippen LogP contribution >= 0.6 is 0 Å². The van der Waals surface area contributed by atoms with Crippen molar-refractivity contribution in [3.8, 4) is 11.3 Å². The molecule has 4 rings (SSSR count). The molecule has 4 heteroatoms. The van der Waals surface area contributed by atoms with E-state index in [1.165, 1.54) is 6.07 Å². The van der Waals surface area contributed by atoms with Crippen LogP contribution in [0.15, 0.2) is 75.9 Å². The van der Waals surface area contributed by atoms with Crippen molar-refractivity contribution in [2.24, 2.45) is 0 Å². The molecule has 1 amide bonds. The number of para-hydroxylation sites is 1. The number of carbonyl (C=O) groups is 1. The zero-order valence-electron chi connectivity index (χ0n) is 18.2. The van der Waals surface area contributed by atoms with E-state index in [2.05, 4.69) is 19.2 Å². The standard InChI is InChI=1S/C27H25NO3/c1-16(2)21-7-5-6-8-23(21)28-27(30)20-11-9-19(10-12-20)25-15-24(29)22-14-17(3)13-18(4)26(22)31-25/h5-16H,1-4H3,(H,28,30). The highest BCUT2D eigenvalue weighted by Crippen LogP contribution is 2.27. The van der Waals surface area contributed by atoms with Crippen LogP contribution in [0, 0.1) is 13.8 Å². The van der Waals surface area contributed by atoms with Gasteiger partial charge in [-0.15, -0.1) is 0 Å². The third-order valence-corrected chi connectivity index (χ3v) is 5.42. The second-order valence-corrected chi connectivity index (χ2v) is 8.21. The number of anilines is 1. The minimum Gasteiger partial charge on any atom is -0.456 e. The molecule has 0 unspecified atom stereocenters. The van der Waals surface area contributed by atoms with Gasteiger partial charge in [-0.1, -0.05) is 50.2 Å². The molecule has 0 fully saturated rings. The second kappa shape index (κ2) is 8.23. The molecule has 0 aliphatic rings. The highest BCUT2D eigenvalue weighted by molar-refractivity contribution is 6.05. The zero-order chi connectivity index (χ0) is 22.1. The largest absolute Gasteiger partial charge is 0.456 e. The van der Waals surface area contributed by atoms with E-state index in [4.69, 9.17) is 4.42 Å². The lowest BCUT2D eigenvalue weighted by molar-refractivity contribution is 0.102. The number of amides is 1. The molecule has 31 heavy (non-hydrogen) atoms. The van der Waals surface area contributed by atoms with Gasteiger partial charge in [0, 0.05) is 22.9 Å². The van der Waals surface area contributed by atoms with E-state index < -0.39 is 0 Å². The van der Waals surface area contributed by atoms with Crippen LogP contribution in [-0.4, -0.2) is 5.91 Å². The maximum atomic E-state index is 12.8. The summed E-state index contributed by atoms with van der Waals surface area (Å²) in [5, 5.41) is 3.59. The van der Waals surface area contributed by atoms with Crippen LogP contribution in [0.25, 0.3) is 22.3 Å². The third-order valence-electron chi connectivity index (χ3n) is 5.42. The maximum absolute atomic E-state index is 12.8. The van der Waals surface area contributed by atoms with Crippen LogP contribution in [0.1, 0.15) is 46.8 Å². The second-order valence-electron chi connectivity index (χ2n) is 8.21. The van der Waals surface area contributed by atoms with E-state index >= 15 is 0 Å². The number of fused-ring (bicyclic) bond motifs is 1. The van der Waals surface area contributed by atoms with E-state index in [0.29, 0.717) is 28.2 Å². The van der Waals surface area contributed by atoms with Crippen LogP contribution in [0.3, 0.4) is 0 Å². The van der Waals surface area contributed by atoms with Crippen molar-refractivity contribution in [1.82, 2.24) is 0 Å². The minimum absolute atomic E-state index is 0.0739. The van der Waals surface area contributed by atoms with Crippen molar-refractivity contribution in [1.29, 1.82) is 0 Å². The van der Waals surface area contributed by atoms with E-state index in [0.717, 1.165) is 27.9 Å². The van der Waals surface area contributed by atoms with Gasteiger partial charge in [-0.2, -0.15) is 0 Å². The van der Waals surface area contributed by atoms with E-state index in [1.807, 2.05) is 50.2 Å². The first-order chi connectivity index (χ1) is 14.8. The van der Waals surface area contributed by atoms with Crippen molar-refractivity contribution >= 4 is 22.6 Å². The Morgan fingerprint density at radius 2 is 1.65 bits per heavy atom. The van der Waals surface area contributed by atoms with Gasteiger partial charge < -0.3 is 9.73 Å². The molecule has 0 atom stereocenters. The summed E-state index contributed by atoms with van der Waals surface area (Å²) in [5.74, 6) is 0.620. The molecule has 0 aliphatic heterocycles. The first kappa shape index (κ1) is 20.6. The third kappa shape index (κ3) is 4.15. The smallest absolute Gasteiger partial charge is 0.255 e. The molecule has 0 aliphatic carbocycles. The Labute approximate surface area is 181 Å². The molecule has 0 saturated carbocycles. The molecule has 1 aromatic heterocycles. The van der Waals surface area contributed by atoms with Gasteiger partial charge in [0.05, 0.1) is 5.39 Å². The Balaban J connectivity index is 1.63. The Bertz CT molecular complexity index is 1330. The van der Waals surface area contributed by atoms with E-state index in [-0.39, 0.29) is 11.3 Å². The van der Waals surface area contributed by atoms with Crippen molar-refractivity contribution in [3.05, 3.63) is 99.2 Å². The highest BCUT2D eigenvalue weighted by atomic mass is 16.3. The summed E-state index contributed by atoms with van der Waals surface area (Å²) in [6, 6.07) is 20.3. The Morgan fingerprint density at radius 3 is 2.35 bits per heavy atom. The van der Waals surface area contributed by atoms with Gasteiger partial charge >= 0.3 is 0 Å². The first-order valence-electron chi connectivity index (χ1n) is 10.4. The molecule has 1 heterocycles. The van der Waals surface area contributed by atoms with Crippen LogP contribution in [-0.2, 0) is 0 Å². The van der Waals surface area contributed by atoms with Gasteiger partial charge in [0.2, 0.25) is 0 Å². The predicted octanol–water partition coefficient (Wildman–Crippen LogP) is 6.45. The molecule has 4 nitrogen and oxygen atoms in total. The highest BCUT2D eigenvalue weighted by Gasteiger charge is 2.13. The molecule has 3 aromatic carbocycles. The fraction of sp³-hybridized carbons (Fsp3) is 0.185. The Morgan fingerprint density at radius 1 is 0.935 bits per heavy atom. The molecule has 156 valence electrons. The van der Waals surface area contributed by atoms with Crippen molar-refractivity contribution in [3.63, 3.8) is 0 Å². The van der Waals surface area contributed by atoms with Gasteiger partial charge in [-0.25, -0.2) is 0 Å². The lowest BCUT2D eigenvalue weighted by Gasteiger charge is -2.13. The monoisotopic (exact) mass is 411 g/mol. The van der Waals surface area contributed by atoms with Crippen molar-refractivity contribution < 1.29 is 9.21 Å². The number of carbonyl (C=O) groups excluding carboxylic acids is 1.